The Morgan fingerprint density at radius 3 is 2.70 bits per heavy atom. The van der Waals surface area contributed by atoms with Crippen molar-refractivity contribution < 1.29 is 9.53 Å². The van der Waals surface area contributed by atoms with Crippen LogP contribution in [0.25, 0.3) is 16.3 Å². The zero-order valence-corrected chi connectivity index (χ0v) is 13.6. The fourth-order valence-corrected chi connectivity index (χ4v) is 4.17. The lowest BCUT2D eigenvalue weighted by molar-refractivity contribution is -0.136. The maximum atomic E-state index is 12.4. The Hall–Kier alpha value is -2.13. The quantitative estimate of drug-likeness (QED) is 0.794. The Balaban J connectivity index is 1.88. The molecule has 1 fully saturated rings. The van der Waals surface area contributed by atoms with E-state index in [1.165, 1.54) is 23.5 Å². The Labute approximate surface area is 136 Å². The lowest BCUT2D eigenvalue weighted by Gasteiger charge is -2.34. The molecule has 2 heterocycles. The summed E-state index contributed by atoms with van der Waals surface area (Å²) in [5, 5.41) is 2.44. The van der Waals surface area contributed by atoms with Gasteiger partial charge in [0.25, 0.3) is 0 Å². The van der Waals surface area contributed by atoms with Crippen molar-refractivity contribution in [3.05, 3.63) is 53.6 Å². The predicted octanol–water partition coefficient (Wildman–Crippen LogP) is 3.63. The van der Waals surface area contributed by atoms with Gasteiger partial charge in [-0.15, -0.1) is 0 Å². The van der Waals surface area contributed by atoms with Gasteiger partial charge in [-0.2, -0.15) is 0 Å². The molecule has 2 aliphatic rings. The highest BCUT2D eigenvalue weighted by Gasteiger charge is 2.42. The number of fused-ring (bicyclic) bond motifs is 3. The fraction of sp³-hybridized carbons (Fsp3) is 0.350. The minimum absolute atomic E-state index is 0.176. The molecule has 3 nitrogen and oxygen atoms in total. The second-order valence-electron chi connectivity index (χ2n) is 6.56. The molecule has 0 aliphatic carbocycles. The second-order valence-corrected chi connectivity index (χ2v) is 6.56. The van der Waals surface area contributed by atoms with Crippen molar-refractivity contribution in [1.82, 2.24) is 4.90 Å². The smallest absolute Gasteiger partial charge is 0.335 e. The first-order chi connectivity index (χ1) is 11.2. The van der Waals surface area contributed by atoms with Crippen molar-refractivity contribution in [1.29, 1.82) is 0 Å². The molecule has 0 aromatic heterocycles. The lowest BCUT2D eigenvalue weighted by Crippen LogP contribution is -2.40. The van der Waals surface area contributed by atoms with Crippen LogP contribution in [-0.4, -0.2) is 37.1 Å². The van der Waals surface area contributed by atoms with E-state index >= 15 is 0 Å². The third kappa shape index (κ3) is 2.27. The van der Waals surface area contributed by atoms with Gasteiger partial charge in [0, 0.05) is 12.1 Å². The molecule has 2 bridgehead atoms. The van der Waals surface area contributed by atoms with Crippen LogP contribution in [0.5, 0.6) is 0 Å². The van der Waals surface area contributed by atoms with E-state index in [2.05, 4.69) is 54.4 Å². The molecule has 3 heteroatoms. The van der Waals surface area contributed by atoms with Gasteiger partial charge in [-0.1, -0.05) is 36.4 Å². The summed E-state index contributed by atoms with van der Waals surface area (Å²) in [5.74, 6) is -0.176. The molecule has 4 rings (SSSR count). The molecule has 0 radical (unpaired) electrons. The number of methoxy groups -OCH3 is 1. The zero-order valence-electron chi connectivity index (χ0n) is 13.6. The van der Waals surface area contributed by atoms with Crippen LogP contribution in [0.15, 0.2) is 48.0 Å². The summed E-state index contributed by atoms with van der Waals surface area (Å²) in [4.78, 5) is 14.8. The first-order valence-corrected chi connectivity index (χ1v) is 8.21. The number of hydrogen-bond donors (Lipinski definition) is 0. The van der Waals surface area contributed by atoms with E-state index in [0.29, 0.717) is 6.04 Å². The molecule has 1 saturated heterocycles. The minimum atomic E-state index is -0.176. The highest BCUT2D eigenvalue weighted by molar-refractivity contribution is 6.00. The van der Waals surface area contributed by atoms with Crippen LogP contribution < -0.4 is 0 Å². The van der Waals surface area contributed by atoms with Gasteiger partial charge >= 0.3 is 5.97 Å². The largest absolute Gasteiger partial charge is 0.466 e. The topological polar surface area (TPSA) is 29.5 Å². The maximum Gasteiger partial charge on any atom is 0.335 e. The molecule has 118 valence electrons. The number of ether oxygens (including phenoxy) is 1. The van der Waals surface area contributed by atoms with E-state index in [-0.39, 0.29) is 12.0 Å². The molecule has 0 saturated carbocycles. The van der Waals surface area contributed by atoms with Crippen LogP contribution in [-0.2, 0) is 9.53 Å². The van der Waals surface area contributed by atoms with E-state index in [1.807, 2.05) is 0 Å². The Bertz CT molecular complexity index is 808. The lowest BCUT2D eigenvalue weighted by atomic mass is 9.88. The van der Waals surface area contributed by atoms with Crippen molar-refractivity contribution in [3.63, 3.8) is 0 Å². The SMILES string of the molecule is COC(=O)C1=C(c2ccc3ccccc3c2)C[C@@H]2CC[C@H]1N2C. The average molecular weight is 307 g/mol. The van der Waals surface area contributed by atoms with Crippen LogP contribution in [0.2, 0.25) is 0 Å². The van der Waals surface area contributed by atoms with E-state index < -0.39 is 0 Å². The van der Waals surface area contributed by atoms with E-state index in [4.69, 9.17) is 4.74 Å². The molecule has 0 unspecified atom stereocenters. The van der Waals surface area contributed by atoms with Crippen molar-refractivity contribution in [2.24, 2.45) is 0 Å². The molecular formula is C20H21NO2. The van der Waals surface area contributed by atoms with Crippen LogP contribution in [0.4, 0.5) is 0 Å². The number of rotatable bonds is 2. The fourth-order valence-electron chi connectivity index (χ4n) is 4.17. The number of hydrogen-bond acceptors (Lipinski definition) is 3. The van der Waals surface area contributed by atoms with Crippen LogP contribution >= 0.6 is 0 Å². The summed E-state index contributed by atoms with van der Waals surface area (Å²) in [6.07, 6.45) is 3.12. The third-order valence-electron chi connectivity index (χ3n) is 5.44. The molecule has 23 heavy (non-hydrogen) atoms. The zero-order chi connectivity index (χ0) is 16.0. The summed E-state index contributed by atoms with van der Waals surface area (Å²) in [6, 6.07) is 15.6. The summed E-state index contributed by atoms with van der Waals surface area (Å²) in [7, 11) is 3.61. The molecule has 2 atom stereocenters. The molecule has 2 aliphatic heterocycles. The van der Waals surface area contributed by atoms with Crippen molar-refractivity contribution in [2.45, 2.75) is 31.3 Å². The van der Waals surface area contributed by atoms with Crippen molar-refractivity contribution in [2.75, 3.05) is 14.2 Å². The highest BCUT2D eigenvalue weighted by Crippen LogP contribution is 2.42. The molecule has 2 aromatic carbocycles. The third-order valence-corrected chi connectivity index (χ3v) is 5.44. The molecule has 2 aromatic rings. The monoisotopic (exact) mass is 307 g/mol. The van der Waals surface area contributed by atoms with Crippen LogP contribution in [0.1, 0.15) is 24.8 Å². The number of likely N-dealkylation sites (N-methyl/N-ethyl adjacent to an activating group) is 1. The number of esters is 1. The van der Waals surface area contributed by atoms with E-state index in [1.54, 1.807) is 0 Å². The van der Waals surface area contributed by atoms with E-state index in [0.717, 1.165) is 30.4 Å². The number of carbonyl (C=O) groups excluding carboxylic acids is 1. The Kier molecular flexibility index (Phi) is 3.46. The average Bonchev–Trinajstić information content (AvgIpc) is 2.83. The number of carbonyl (C=O) groups is 1. The van der Waals surface area contributed by atoms with Gasteiger partial charge in [-0.05, 0) is 54.3 Å². The molecule has 0 spiro atoms. The Morgan fingerprint density at radius 1 is 1.13 bits per heavy atom. The minimum Gasteiger partial charge on any atom is -0.466 e. The maximum absolute atomic E-state index is 12.4. The van der Waals surface area contributed by atoms with Gasteiger partial charge in [0.15, 0.2) is 0 Å². The molecule has 0 amide bonds. The number of benzene rings is 2. The summed E-state index contributed by atoms with van der Waals surface area (Å²) in [6.45, 7) is 0. The highest BCUT2D eigenvalue weighted by atomic mass is 16.5. The van der Waals surface area contributed by atoms with Crippen LogP contribution in [0, 0.1) is 0 Å². The van der Waals surface area contributed by atoms with Gasteiger partial charge in [-0.25, -0.2) is 4.79 Å². The van der Waals surface area contributed by atoms with Gasteiger partial charge in [-0.3, -0.25) is 4.90 Å². The van der Waals surface area contributed by atoms with E-state index in [9.17, 15) is 4.79 Å². The molecular weight excluding hydrogens is 286 g/mol. The first kappa shape index (κ1) is 14.5. The normalized spacial score (nSPS) is 24.3. The van der Waals surface area contributed by atoms with Gasteiger partial charge in [0.05, 0.1) is 12.7 Å². The second kappa shape index (κ2) is 5.50. The summed E-state index contributed by atoms with van der Waals surface area (Å²) >= 11 is 0. The van der Waals surface area contributed by atoms with Crippen molar-refractivity contribution >= 4 is 22.3 Å². The first-order valence-electron chi connectivity index (χ1n) is 8.21. The van der Waals surface area contributed by atoms with Gasteiger partial charge in [0.2, 0.25) is 0 Å². The predicted molar refractivity (Wildman–Crippen MR) is 92.1 cm³/mol. The molecule has 0 N–H and O–H groups in total. The van der Waals surface area contributed by atoms with Gasteiger partial charge < -0.3 is 4.74 Å². The van der Waals surface area contributed by atoms with Gasteiger partial charge in [0.1, 0.15) is 0 Å². The standard InChI is InChI=1S/C20H21NO2/c1-21-16-9-10-18(21)19(20(22)23-2)17(12-16)15-8-7-13-5-3-4-6-14(13)11-15/h3-8,11,16,18H,9-10,12H2,1-2H3/t16-,18+/m0/s1. The Morgan fingerprint density at radius 2 is 1.91 bits per heavy atom. The van der Waals surface area contributed by atoms with Crippen LogP contribution in [0.3, 0.4) is 0 Å². The summed E-state index contributed by atoms with van der Waals surface area (Å²) < 4.78 is 5.10. The summed E-state index contributed by atoms with van der Waals surface area (Å²) in [5.41, 5.74) is 3.20. The van der Waals surface area contributed by atoms with Crippen molar-refractivity contribution in [3.8, 4) is 0 Å². The number of nitrogens with zero attached hydrogens (tertiary/aromatic N) is 1.